The molecule has 1 unspecified atom stereocenters. The van der Waals surface area contributed by atoms with Gasteiger partial charge in [-0.15, -0.1) is 11.3 Å². The van der Waals surface area contributed by atoms with Crippen LogP contribution in [-0.2, 0) is 6.42 Å². The number of thiazole rings is 1. The Kier molecular flexibility index (Phi) is 3.58. The van der Waals surface area contributed by atoms with Gasteiger partial charge < -0.3 is 5.32 Å². The van der Waals surface area contributed by atoms with Gasteiger partial charge in [0.2, 0.25) is 0 Å². The molecule has 0 fully saturated rings. The molecule has 0 bridgehead atoms. The highest BCUT2D eigenvalue weighted by atomic mass is 32.1. The standard InChI is InChI=1S/C11H14N4S/c1-8-6-16-11(15-8)3-10(12-2)9-4-13-7-14-5-9/h4-7,10,12H,3H2,1-2H3. The van der Waals surface area contributed by atoms with Gasteiger partial charge >= 0.3 is 0 Å². The first-order valence-corrected chi connectivity index (χ1v) is 6.00. The lowest BCUT2D eigenvalue weighted by atomic mass is 10.1. The zero-order valence-corrected chi connectivity index (χ0v) is 10.2. The minimum Gasteiger partial charge on any atom is -0.313 e. The Morgan fingerprint density at radius 2 is 2.12 bits per heavy atom. The van der Waals surface area contributed by atoms with E-state index in [4.69, 9.17) is 0 Å². The highest BCUT2D eigenvalue weighted by Gasteiger charge is 2.12. The van der Waals surface area contributed by atoms with Crippen molar-refractivity contribution in [3.8, 4) is 0 Å². The second kappa shape index (κ2) is 5.14. The number of rotatable bonds is 4. The first kappa shape index (κ1) is 11.2. The number of aromatic nitrogens is 3. The summed E-state index contributed by atoms with van der Waals surface area (Å²) in [7, 11) is 1.94. The van der Waals surface area contributed by atoms with E-state index in [0.717, 1.165) is 22.7 Å². The summed E-state index contributed by atoms with van der Waals surface area (Å²) < 4.78 is 0. The molecule has 0 spiro atoms. The predicted molar refractivity (Wildman–Crippen MR) is 64.4 cm³/mol. The second-order valence-electron chi connectivity index (χ2n) is 3.60. The Morgan fingerprint density at radius 1 is 1.38 bits per heavy atom. The van der Waals surface area contributed by atoms with Crippen molar-refractivity contribution in [1.29, 1.82) is 0 Å². The lowest BCUT2D eigenvalue weighted by molar-refractivity contribution is 0.585. The van der Waals surface area contributed by atoms with Crippen molar-refractivity contribution in [3.05, 3.63) is 40.4 Å². The molecule has 0 amide bonds. The van der Waals surface area contributed by atoms with E-state index in [1.165, 1.54) is 0 Å². The van der Waals surface area contributed by atoms with Crippen LogP contribution in [0.2, 0.25) is 0 Å². The topological polar surface area (TPSA) is 50.7 Å². The molecule has 1 atom stereocenters. The zero-order chi connectivity index (χ0) is 11.4. The van der Waals surface area contributed by atoms with E-state index in [9.17, 15) is 0 Å². The van der Waals surface area contributed by atoms with Crippen LogP contribution in [0.5, 0.6) is 0 Å². The Morgan fingerprint density at radius 3 is 2.69 bits per heavy atom. The summed E-state index contributed by atoms with van der Waals surface area (Å²) in [6.07, 6.45) is 6.11. The highest BCUT2D eigenvalue weighted by molar-refractivity contribution is 7.09. The van der Waals surface area contributed by atoms with Gasteiger partial charge in [0, 0.05) is 41.5 Å². The van der Waals surface area contributed by atoms with Crippen molar-refractivity contribution in [3.63, 3.8) is 0 Å². The molecule has 0 radical (unpaired) electrons. The van der Waals surface area contributed by atoms with E-state index in [0.29, 0.717) is 0 Å². The fraction of sp³-hybridized carbons (Fsp3) is 0.364. The summed E-state index contributed by atoms with van der Waals surface area (Å²) in [6.45, 7) is 2.01. The Hall–Kier alpha value is -1.33. The quantitative estimate of drug-likeness (QED) is 0.875. The minimum atomic E-state index is 0.228. The molecular formula is C11H14N4S. The van der Waals surface area contributed by atoms with Gasteiger partial charge in [0.15, 0.2) is 0 Å². The molecule has 16 heavy (non-hydrogen) atoms. The van der Waals surface area contributed by atoms with Gasteiger partial charge in [0.25, 0.3) is 0 Å². The van der Waals surface area contributed by atoms with E-state index in [-0.39, 0.29) is 6.04 Å². The van der Waals surface area contributed by atoms with Crippen LogP contribution in [0, 0.1) is 6.92 Å². The van der Waals surface area contributed by atoms with Gasteiger partial charge in [-0.25, -0.2) is 15.0 Å². The van der Waals surface area contributed by atoms with Gasteiger partial charge in [0.1, 0.15) is 6.33 Å². The van der Waals surface area contributed by atoms with Crippen LogP contribution >= 0.6 is 11.3 Å². The number of aryl methyl sites for hydroxylation is 1. The molecule has 2 aromatic heterocycles. The highest BCUT2D eigenvalue weighted by Crippen LogP contribution is 2.19. The molecule has 0 aliphatic carbocycles. The summed E-state index contributed by atoms with van der Waals surface area (Å²) in [4.78, 5) is 12.5. The van der Waals surface area contributed by atoms with Crippen molar-refractivity contribution in [2.24, 2.45) is 0 Å². The number of nitrogens with zero attached hydrogens (tertiary/aromatic N) is 3. The normalized spacial score (nSPS) is 12.6. The molecule has 1 N–H and O–H groups in total. The van der Waals surface area contributed by atoms with Crippen molar-refractivity contribution < 1.29 is 0 Å². The smallest absolute Gasteiger partial charge is 0.115 e. The average Bonchev–Trinajstić information content (AvgIpc) is 2.73. The van der Waals surface area contributed by atoms with Crippen LogP contribution in [0.15, 0.2) is 24.1 Å². The summed E-state index contributed by atoms with van der Waals surface area (Å²) in [5.41, 5.74) is 2.18. The molecule has 2 heterocycles. The van der Waals surface area contributed by atoms with Gasteiger partial charge in [-0.2, -0.15) is 0 Å². The van der Waals surface area contributed by atoms with E-state index in [1.54, 1.807) is 17.7 Å². The van der Waals surface area contributed by atoms with Crippen LogP contribution in [-0.4, -0.2) is 22.0 Å². The molecule has 0 aliphatic heterocycles. The molecule has 2 aromatic rings. The fourth-order valence-electron chi connectivity index (χ4n) is 1.55. The van der Waals surface area contributed by atoms with Gasteiger partial charge in [0.05, 0.1) is 5.01 Å². The third-order valence-electron chi connectivity index (χ3n) is 2.38. The maximum Gasteiger partial charge on any atom is 0.115 e. The number of likely N-dealkylation sites (N-methyl/N-ethyl adjacent to an activating group) is 1. The lowest BCUT2D eigenvalue weighted by Gasteiger charge is -2.13. The van der Waals surface area contributed by atoms with E-state index in [2.05, 4.69) is 25.6 Å². The summed E-state index contributed by atoms with van der Waals surface area (Å²) in [5.74, 6) is 0. The average molecular weight is 234 g/mol. The van der Waals surface area contributed by atoms with Crippen molar-refractivity contribution in [1.82, 2.24) is 20.3 Å². The summed E-state index contributed by atoms with van der Waals surface area (Å²) >= 11 is 1.70. The Balaban J connectivity index is 2.12. The molecule has 5 heteroatoms. The van der Waals surface area contributed by atoms with Crippen LogP contribution < -0.4 is 5.32 Å². The third-order valence-corrected chi connectivity index (χ3v) is 3.37. The third kappa shape index (κ3) is 2.62. The van der Waals surface area contributed by atoms with Gasteiger partial charge in [-0.3, -0.25) is 0 Å². The van der Waals surface area contributed by atoms with Crippen LogP contribution in [0.1, 0.15) is 22.3 Å². The van der Waals surface area contributed by atoms with Gasteiger partial charge in [-0.05, 0) is 14.0 Å². The first-order valence-electron chi connectivity index (χ1n) is 5.13. The SMILES string of the molecule is CNC(Cc1nc(C)cs1)c1cncnc1. The molecular weight excluding hydrogens is 220 g/mol. The fourth-order valence-corrected chi connectivity index (χ4v) is 2.37. The van der Waals surface area contributed by atoms with Gasteiger partial charge in [-0.1, -0.05) is 0 Å². The molecule has 84 valence electrons. The predicted octanol–water partition coefficient (Wildman–Crippen LogP) is 1.74. The van der Waals surface area contributed by atoms with Crippen molar-refractivity contribution in [2.45, 2.75) is 19.4 Å². The molecule has 0 saturated carbocycles. The maximum atomic E-state index is 4.46. The van der Waals surface area contributed by atoms with Crippen LogP contribution in [0.3, 0.4) is 0 Å². The van der Waals surface area contributed by atoms with Crippen molar-refractivity contribution >= 4 is 11.3 Å². The second-order valence-corrected chi connectivity index (χ2v) is 4.54. The minimum absolute atomic E-state index is 0.228. The molecule has 2 rings (SSSR count). The molecule has 0 aliphatic rings. The van der Waals surface area contributed by atoms with Crippen LogP contribution in [0.25, 0.3) is 0 Å². The summed E-state index contributed by atoms with van der Waals surface area (Å²) in [5, 5.41) is 6.48. The molecule has 0 saturated heterocycles. The largest absolute Gasteiger partial charge is 0.313 e. The van der Waals surface area contributed by atoms with E-state index in [1.807, 2.05) is 26.4 Å². The number of hydrogen-bond donors (Lipinski definition) is 1. The van der Waals surface area contributed by atoms with E-state index >= 15 is 0 Å². The van der Waals surface area contributed by atoms with Crippen molar-refractivity contribution in [2.75, 3.05) is 7.05 Å². The molecule has 4 nitrogen and oxygen atoms in total. The monoisotopic (exact) mass is 234 g/mol. The lowest BCUT2D eigenvalue weighted by Crippen LogP contribution is -2.19. The van der Waals surface area contributed by atoms with E-state index < -0.39 is 0 Å². The first-order chi connectivity index (χ1) is 7.79. The number of hydrogen-bond acceptors (Lipinski definition) is 5. The number of nitrogens with one attached hydrogen (secondary N) is 1. The Labute approximate surface area is 98.8 Å². The zero-order valence-electron chi connectivity index (χ0n) is 9.34. The maximum absolute atomic E-state index is 4.46. The van der Waals surface area contributed by atoms with Crippen LogP contribution in [0.4, 0.5) is 0 Å². The Bertz CT molecular complexity index is 440. The molecule has 0 aromatic carbocycles. The summed E-state index contributed by atoms with van der Waals surface area (Å²) in [6, 6.07) is 0.228.